The van der Waals surface area contributed by atoms with Crippen LogP contribution in [0.2, 0.25) is 5.02 Å². The number of nitrogens with one attached hydrogen (secondary N) is 1. The van der Waals surface area contributed by atoms with Gasteiger partial charge in [-0.25, -0.2) is 27.3 Å². The number of aliphatic carboxylic acids is 1. The lowest BCUT2D eigenvalue weighted by Crippen LogP contribution is -2.31. The van der Waals surface area contributed by atoms with E-state index < -0.39 is 34.5 Å². The van der Waals surface area contributed by atoms with Crippen molar-refractivity contribution in [2.24, 2.45) is 0 Å². The third kappa shape index (κ3) is 5.92. The molecule has 0 fully saturated rings. The predicted molar refractivity (Wildman–Crippen MR) is 129 cm³/mol. The lowest BCUT2D eigenvalue weighted by atomic mass is 9.87. The van der Waals surface area contributed by atoms with Gasteiger partial charge in [-0.05, 0) is 76.7 Å². The maximum Gasteiger partial charge on any atom is 0.341 e. The second-order valence-corrected chi connectivity index (χ2v) is 10.7. The van der Waals surface area contributed by atoms with Gasteiger partial charge in [0, 0.05) is 6.04 Å². The van der Waals surface area contributed by atoms with Gasteiger partial charge in [-0.2, -0.15) is 0 Å². The minimum Gasteiger partial charge on any atom is -0.482 e. The number of fused-ring (bicyclic) bond motifs is 1. The molecule has 1 atom stereocenters. The van der Waals surface area contributed by atoms with Gasteiger partial charge in [0.1, 0.15) is 22.2 Å². The number of hydrogen-bond donors (Lipinski definition) is 2. The van der Waals surface area contributed by atoms with E-state index in [2.05, 4.69) is 25.6 Å². The van der Waals surface area contributed by atoms with Crippen LogP contribution in [0.3, 0.4) is 0 Å². The van der Waals surface area contributed by atoms with Crippen molar-refractivity contribution in [1.82, 2.24) is 9.71 Å². The van der Waals surface area contributed by atoms with Gasteiger partial charge in [-0.1, -0.05) is 23.7 Å². The number of halogens is 3. The maximum atomic E-state index is 13.3. The first-order valence-corrected chi connectivity index (χ1v) is 13.1. The molecular formula is C23H19BrClFN2O6S. The normalized spacial score (nSPS) is 15.3. The zero-order chi connectivity index (χ0) is 25.2. The fraction of sp³-hybridized carbons (Fsp3) is 0.217. The number of carboxylic acid groups (broad SMARTS) is 1. The highest BCUT2D eigenvalue weighted by Crippen LogP contribution is 2.37. The number of pyridine rings is 1. The molecule has 35 heavy (non-hydrogen) atoms. The van der Waals surface area contributed by atoms with Crippen LogP contribution in [-0.4, -0.2) is 31.1 Å². The summed E-state index contributed by atoms with van der Waals surface area (Å²) in [6, 6.07) is 9.60. The number of rotatable bonds is 8. The first kappa shape index (κ1) is 25.4. The third-order valence-corrected chi connectivity index (χ3v) is 7.61. The average molecular weight is 586 g/mol. The molecule has 184 valence electrons. The molecule has 0 amide bonds. The summed E-state index contributed by atoms with van der Waals surface area (Å²) in [7, 11) is -3.98. The molecule has 12 heteroatoms. The summed E-state index contributed by atoms with van der Waals surface area (Å²) in [5.74, 6) is -0.968. The lowest BCUT2D eigenvalue weighted by Gasteiger charge is -2.27. The van der Waals surface area contributed by atoms with E-state index in [1.165, 1.54) is 18.2 Å². The number of hydrogen-bond acceptors (Lipinski definition) is 6. The number of ether oxygens (including phenoxy) is 2. The minimum absolute atomic E-state index is 0.0414. The van der Waals surface area contributed by atoms with Crippen LogP contribution in [0.4, 0.5) is 4.39 Å². The summed E-state index contributed by atoms with van der Waals surface area (Å²) in [4.78, 5) is 14.9. The number of benzene rings is 2. The number of aromatic nitrogens is 1. The number of carbonyl (C=O) groups is 1. The van der Waals surface area contributed by atoms with E-state index in [9.17, 15) is 17.6 Å². The van der Waals surface area contributed by atoms with E-state index in [-0.39, 0.29) is 26.0 Å². The Morgan fingerprint density at radius 1 is 1.26 bits per heavy atom. The minimum atomic E-state index is -3.98. The first-order chi connectivity index (χ1) is 16.6. The standard InChI is InChI=1S/C23H19BrClFN2O6S/c24-17-10-14(11-27-23(17)34-21-8-7-13(26)9-18(21)25)35(31,32)28-19-5-1-4-16-15(19)3-2-6-20(16)33-12-22(29)30/h2-3,6-11,19,28H,1,4-5,12H2,(H,29,30)/t19-/m1/s1. The molecule has 4 rings (SSSR count). The molecule has 2 aromatic carbocycles. The van der Waals surface area contributed by atoms with Crippen LogP contribution in [0.15, 0.2) is 58.0 Å². The van der Waals surface area contributed by atoms with E-state index in [0.717, 1.165) is 23.4 Å². The maximum absolute atomic E-state index is 13.3. The predicted octanol–water partition coefficient (Wildman–Crippen LogP) is 5.25. The summed E-state index contributed by atoms with van der Waals surface area (Å²) < 4.78 is 53.5. The molecule has 0 unspecified atom stereocenters. The van der Waals surface area contributed by atoms with Crippen LogP contribution in [0.5, 0.6) is 17.4 Å². The van der Waals surface area contributed by atoms with Gasteiger partial charge >= 0.3 is 5.97 Å². The smallest absolute Gasteiger partial charge is 0.341 e. The Hall–Kier alpha value is -2.73. The topological polar surface area (TPSA) is 115 Å². The van der Waals surface area contributed by atoms with Gasteiger partial charge in [0.05, 0.1) is 15.7 Å². The number of carboxylic acids is 1. The third-order valence-electron chi connectivity index (χ3n) is 5.31. The molecule has 1 aliphatic rings. The van der Waals surface area contributed by atoms with Crippen molar-refractivity contribution in [2.45, 2.75) is 30.2 Å². The Kier molecular flexibility index (Phi) is 7.60. The molecule has 1 heterocycles. The van der Waals surface area contributed by atoms with Crippen LogP contribution in [0.1, 0.15) is 30.0 Å². The molecule has 0 saturated heterocycles. The van der Waals surface area contributed by atoms with Gasteiger partial charge in [-0.15, -0.1) is 0 Å². The molecule has 8 nitrogen and oxygen atoms in total. The molecule has 1 aliphatic carbocycles. The molecule has 0 aliphatic heterocycles. The molecule has 0 radical (unpaired) electrons. The Bertz CT molecular complexity index is 1390. The molecule has 1 aromatic heterocycles. The van der Waals surface area contributed by atoms with Crippen molar-refractivity contribution in [3.63, 3.8) is 0 Å². The van der Waals surface area contributed by atoms with Crippen LogP contribution >= 0.6 is 27.5 Å². The molecule has 3 aromatic rings. The van der Waals surface area contributed by atoms with Crippen LogP contribution < -0.4 is 14.2 Å². The van der Waals surface area contributed by atoms with E-state index in [1.54, 1.807) is 18.2 Å². The van der Waals surface area contributed by atoms with Gasteiger partial charge in [-0.3, -0.25) is 0 Å². The van der Waals surface area contributed by atoms with Crippen LogP contribution in [0.25, 0.3) is 0 Å². The fourth-order valence-electron chi connectivity index (χ4n) is 3.76. The van der Waals surface area contributed by atoms with E-state index in [0.29, 0.717) is 25.0 Å². The Morgan fingerprint density at radius 2 is 2.06 bits per heavy atom. The Morgan fingerprint density at radius 3 is 2.77 bits per heavy atom. The summed E-state index contributed by atoms with van der Waals surface area (Å²) in [5.41, 5.74) is 1.52. The number of sulfonamides is 1. The first-order valence-electron chi connectivity index (χ1n) is 10.4. The van der Waals surface area contributed by atoms with Crippen molar-refractivity contribution >= 4 is 43.5 Å². The van der Waals surface area contributed by atoms with Gasteiger partial charge < -0.3 is 14.6 Å². The van der Waals surface area contributed by atoms with Crippen LogP contribution in [0, 0.1) is 5.82 Å². The van der Waals surface area contributed by atoms with Gasteiger partial charge in [0.25, 0.3) is 0 Å². The SMILES string of the molecule is O=C(O)COc1cccc2c1CCC[C@H]2NS(=O)(=O)c1cnc(Oc2ccc(F)cc2Cl)c(Br)c1. The van der Waals surface area contributed by atoms with E-state index in [1.807, 2.05) is 0 Å². The Balaban J connectivity index is 1.55. The van der Waals surface area contributed by atoms with Crippen LogP contribution in [-0.2, 0) is 21.2 Å². The molecule has 0 saturated carbocycles. The summed E-state index contributed by atoms with van der Waals surface area (Å²) in [6.07, 6.45) is 3.05. The zero-order valence-corrected chi connectivity index (χ0v) is 21.2. The Labute approximate surface area is 214 Å². The lowest BCUT2D eigenvalue weighted by molar-refractivity contribution is -0.139. The summed E-state index contributed by atoms with van der Waals surface area (Å²) in [5, 5.41) is 8.94. The van der Waals surface area contributed by atoms with Crippen molar-refractivity contribution < 1.29 is 32.2 Å². The monoisotopic (exact) mass is 584 g/mol. The molecule has 0 spiro atoms. The second kappa shape index (κ2) is 10.5. The van der Waals surface area contributed by atoms with E-state index in [4.69, 9.17) is 26.2 Å². The summed E-state index contributed by atoms with van der Waals surface area (Å²) in [6.45, 7) is -0.482. The van der Waals surface area contributed by atoms with Gasteiger partial charge in [0.2, 0.25) is 15.9 Å². The largest absolute Gasteiger partial charge is 0.482 e. The van der Waals surface area contributed by atoms with Crippen molar-refractivity contribution in [3.8, 4) is 17.4 Å². The molecule has 0 bridgehead atoms. The fourth-order valence-corrected chi connectivity index (χ4v) is 5.77. The average Bonchev–Trinajstić information content (AvgIpc) is 2.80. The van der Waals surface area contributed by atoms with Crippen molar-refractivity contribution in [1.29, 1.82) is 0 Å². The second-order valence-electron chi connectivity index (χ2n) is 7.71. The summed E-state index contributed by atoms with van der Waals surface area (Å²) >= 11 is 9.24. The highest BCUT2D eigenvalue weighted by Gasteiger charge is 2.28. The highest BCUT2D eigenvalue weighted by molar-refractivity contribution is 9.10. The van der Waals surface area contributed by atoms with E-state index >= 15 is 0 Å². The molecular weight excluding hydrogens is 567 g/mol. The highest BCUT2D eigenvalue weighted by atomic mass is 79.9. The zero-order valence-electron chi connectivity index (χ0n) is 18.0. The quantitative estimate of drug-likeness (QED) is 0.371. The van der Waals surface area contributed by atoms with Crippen molar-refractivity contribution in [3.05, 3.63) is 75.1 Å². The number of nitrogens with zero attached hydrogens (tertiary/aromatic N) is 1. The van der Waals surface area contributed by atoms with Crippen molar-refractivity contribution in [2.75, 3.05) is 6.61 Å². The van der Waals surface area contributed by atoms with Gasteiger partial charge in [0.15, 0.2) is 6.61 Å². The molecule has 2 N–H and O–H groups in total.